The molecule has 74 valence electrons. The van der Waals surface area contributed by atoms with Crippen LogP contribution in [0.4, 0.5) is 0 Å². The quantitative estimate of drug-likeness (QED) is 0.609. The van der Waals surface area contributed by atoms with E-state index in [2.05, 4.69) is 56.3 Å². The third-order valence-corrected chi connectivity index (χ3v) is 2.31. The lowest BCUT2D eigenvalue weighted by molar-refractivity contribution is 0.977. The Morgan fingerprint density at radius 3 is 2.57 bits per heavy atom. The lowest BCUT2D eigenvalue weighted by Crippen LogP contribution is -1.74. The van der Waals surface area contributed by atoms with Crippen molar-refractivity contribution in [3.05, 3.63) is 53.6 Å². The van der Waals surface area contributed by atoms with Crippen molar-refractivity contribution in [3.8, 4) is 0 Å². The summed E-state index contributed by atoms with van der Waals surface area (Å²) in [5.41, 5.74) is 2.74. The van der Waals surface area contributed by atoms with E-state index in [1.807, 2.05) is 6.07 Å². The zero-order valence-electron chi connectivity index (χ0n) is 9.03. The summed E-state index contributed by atoms with van der Waals surface area (Å²) in [5.74, 6) is 0. The zero-order valence-corrected chi connectivity index (χ0v) is 9.03. The second-order valence-corrected chi connectivity index (χ2v) is 3.49. The van der Waals surface area contributed by atoms with Gasteiger partial charge in [0.25, 0.3) is 0 Å². The molecule has 0 aliphatic carbocycles. The summed E-state index contributed by atoms with van der Waals surface area (Å²) in [6.45, 7) is 4.27. The van der Waals surface area contributed by atoms with E-state index in [9.17, 15) is 0 Å². The molecule has 0 amide bonds. The standard InChI is InChI=1S/C14H18/c1-3-13(2)9-7-8-12-14-10-5-4-6-11-14/h3-6,8,10-12H,7,9H2,1-2H3. The van der Waals surface area contributed by atoms with E-state index in [4.69, 9.17) is 0 Å². The first-order chi connectivity index (χ1) is 6.83. The Bertz CT molecular complexity index is 304. The van der Waals surface area contributed by atoms with Crippen molar-refractivity contribution in [2.24, 2.45) is 0 Å². The van der Waals surface area contributed by atoms with Gasteiger partial charge in [0, 0.05) is 0 Å². The number of allylic oxidation sites excluding steroid dienone is 3. The monoisotopic (exact) mass is 186 g/mol. The summed E-state index contributed by atoms with van der Waals surface area (Å²) < 4.78 is 0. The molecule has 0 spiro atoms. The maximum atomic E-state index is 2.24. The number of hydrogen-bond donors (Lipinski definition) is 0. The van der Waals surface area contributed by atoms with Crippen molar-refractivity contribution in [2.45, 2.75) is 26.7 Å². The molecule has 1 aromatic rings. The number of benzene rings is 1. The van der Waals surface area contributed by atoms with Crippen molar-refractivity contribution in [1.29, 1.82) is 0 Å². The summed E-state index contributed by atoms with van der Waals surface area (Å²) in [4.78, 5) is 0. The highest BCUT2D eigenvalue weighted by Gasteiger charge is 1.85. The molecular formula is C14H18. The molecule has 0 aliphatic heterocycles. The molecule has 0 heterocycles. The Labute approximate surface area is 87.0 Å². The summed E-state index contributed by atoms with van der Waals surface area (Å²) in [6.07, 6.45) is 8.90. The molecule has 0 aromatic heterocycles. The highest BCUT2D eigenvalue weighted by atomic mass is 13.9. The van der Waals surface area contributed by atoms with Gasteiger partial charge in [-0.2, -0.15) is 0 Å². The third-order valence-electron chi connectivity index (χ3n) is 2.31. The molecule has 0 saturated carbocycles. The highest BCUT2D eigenvalue weighted by Crippen LogP contribution is 2.07. The molecular weight excluding hydrogens is 168 g/mol. The van der Waals surface area contributed by atoms with Crippen LogP contribution in [0.25, 0.3) is 6.08 Å². The minimum atomic E-state index is 1.13. The fourth-order valence-electron chi connectivity index (χ4n) is 1.24. The molecule has 0 fully saturated rings. The van der Waals surface area contributed by atoms with Crippen LogP contribution in [0.3, 0.4) is 0 Å². The topological polar surface area (TPSA) is 0 Å². The van der Waals surface area contributed by atoms with Gasteiger partial charge < -0.3 is 0 Å². The van der Waals surface area contributed by atoms with E-state index in [-0.39, 0.29) is 0 Å². The molecule has 0 aliphatic rings. The molecule has 0 atom stereocenters. The Morgan fingerprint density at radius 2 is 1.93 bits per heavy atom. The highest BCUT2D eigenvalue weighted by molar-refractivity contribution is 5.48. The smallest absolute Gasteiger partial charge is 0.0260 e. The first kappa shape index (κ1) is 10.8. The largest absolute Gasteiger partial charge is 0.0887 e. The Kier molecular flexibility index (Phi) is 4.77. The van der Waals surface area contributed by atoms with Crippen LogP contribution in [-0.4, -0.2) is 0 Å². The summed E-state index contributed by atoms with van der Waals surface area (Å²) in [5, 5.41) is 0. The minimum absolute atomic E-state index is 1.13. The Morgan fingerprint density at radius 1 is 1.21 bits per heavy atom. The average molecular weight is 186 g/mol. The predicted octanol–water partition coefficient (Wildman–Crippen LogP) is 4.45. The molecule has 0 nitrogen and oxygen atoms in total. The van der Waals surface area contributed by atoms with E-state index >= 15 is 0 Å². The van der Waals surface area contributed by atoms with E-state index in [1.54, 1.807) is 0 Å². The average Bonchev–Trinajstić information content (AvgIpc) is 2.25. The van der Waals surface area contributed by atoms with Gasteiger partial charge in [-0.15, -0.1) is 0 Å². The fraction of sp³-hybridized carbons (Fsp3) is 0.286. The molecule has 0 radical (unpaired) electrons. The normalized spacial score (nSPS) is 12.3. The molecule has 0 N–H and O–H groups in total. The number of hydrogen-bond acceptors (Lipinski definition) is 0. The summed E-state index contributed by atoms with van der Waals surface area (Å²) >= 11 is 0. The second-order valence-electron chi connectivity index (χ2n) is 3.49. The van der Waals surface area contributed by atoms with E-state index in [0.717, 1.165) is 6.42 Å². The summed E-state index contributed by atoms with van der Waals surface area (Å²) in [6, 6.07) is 10.4. The molecule has 1 rings (SSSR count). The van der Waals surface area contributed by atoms with Gasteiger partial charge in [-0.1, -0.05) is 54.1 Å². The van der Waals surface area contributed by atoms with Gasteiger partial charge in [0.05, 0.1) is 0 Å². The molecule has 0 saturated heterocycles. The van der Waals surface area contributed by atoms with Gasteiger partial charge in [-0.25, -0.2) is 0 Å². The van der Waals surface area contributed by atoms with Crippen molar-refractivity contribution < 1.29 is 0 Å². The molecule has 0 unspecified atom stereocenters. The predicted molar refractivity (Wildman–Crippen MR) is 64.1 cm³/mol. The van der Waals surface area contributed by atoms with Gasteiger partial charge >= 0.3 is 0 Å². The van der Waals surface area contributed by atoms with Crippen LogP contribution in [0, 0.1) is 0 Å². The van der Waals surface area contributed by atoms with Crippen LogP contribution in [0.2, 0.25) is 0 Å². The third kappa shape index (κ3) is 4.08. The fourth-order valence-corrected chi connectivity index (χ4v) is 1.24. The maximum absolute atomic E-state index is 2.24. The lowest BCUT2D eigenvalue weighted by Gasteiger charge is -1.95. The number of rotatable bonds is 4. The molecule has 14 heavy (non-hydrogen) atoms. The van der Waals surface area contributed by atoms with Gasteiger partial charge in [-0.05, 0) is 32.3 Å². The molecule has 0 heteroatoms. The second kappa shape index (κ2) is 6.20. The van der Waals surface area contributed by atoms with Crippen LogP contribution in [0.15, 0.2) is 48.1 Å². The van der Waals surface area contributed by atoms with Crippen molar-refractivity contribution in [1.82, 2.24) is 0 Å². The van der Waals surface area contributed by atoms with Crippen LogP contribution in [-0.2, 0) is 0 Å². The van der Waals surface area contributed by atoms with E-state index in [1.165, 1.54) is 17.6 Å². The van der Waals surface area contributed by atoms with Gasteiger partial charge in [0.2, 0.25) is 0 Å². The SMILES string of the molecule is CC=C(C)CCC=Cc1ccccc1. The first-order valence-corrected chi connectivity index (χ1v) is 5.16. The molecule has 1 aromatic carbocycles. The van der Waals surface area contributed by atoms with Crippen LogP contribution in [0.5, 0.6) is 0 Å². The van der Waals surface area contributed by atoms with Crippen molar-refractivity contribution >= 4 is 6.08 Å². The van der Waals surface area contributed by atoms with Crippen LogP contribution >= 0.6 is 0 Å². The van der Waals surface area contributed by atoms with Crippen LogP contribution < -0.4 is 0 Å². The zero-order chi connectivity index (χ0) is 10.2. The summed E-state index contributed by atoms with van der Waals surface area (Å²) in [7, 11) is 0. The lowest BCUT2D eigenvalue weighted by atomic mass is 10.1. The minimum Gasteiger partial charge on any atom is -0.0887 e. The van der Waals surface area contributed by atoms with E-state index < -0.39 is 0 Å². The van der Waals surface area contributed by atoms with E-state index in [0.29, 0.717) is 0 Å². The Balaban J connectivity index is 2.35. The van der Waals surface area contributed by atoms with Gasteiger partial charge in [-0.3, -0.25) is 0 Å². The van der Waals surface area contributed by atoms with Gasteiger partial charge in [0.15, 0.2) is 0 Å². The van der Waals surface area contributed by atoms with Gasteiger partial charge in [0.1, 0.15) is 0 Å². The van der Waals surface area contributed by atoms with Crippen LogP contribution in [0.1, 0.15) is 32.3 Å². The van der Waals surface area contributed by atoms with Crippen molar-refractivity contribution in [2.75, 3.05) is 0 Å². The van der Waals surface area contributed by atoms with Crippen molar-refractivity contribution in [3.63, 3.8) is 0 Å². The Hall–Kier alpha value is -1.30. The maximum Gasteiger partial charge on any atom is -0.0260 e. The molecule has 0 bridgehead atoms. The first-order valence-electron chi connectivity index (χ1n) is 5.16.